The van der Waals surface area contributed by atoms with E-state index in [2.05, 4.69) is 13.0 Å². The van der Waals surface area contributed by atoms with Crippen LogP contribution in [0.4, 0.5) is 5.69 Å². The quantitative estimate of drug-likeness (QED) is 0.808. The SMILES string of the molecule is CCCOc1ccccc1-c1cccc(N)c1. The summed E-state index contributed by atoms with van der Waals surface area (Å²) in [6.45, 7) is 2.84. The van der Waals surface area contributed by atoms with Crippen molar-refractivity contribution in [2.75, 3.05) is 12.3 Å². The van der Waals surface area contributed by atoms with Crippen LogP contribution in [0.1, 0.15) is 13.3 Å². The zero-order chi connectivity index (χ0) is 12.1. The molecule has 0 aromatic heterocycles. The Labute approximate surface area is 102 Å². The van der Waals surface area contributed by atoms with Crippen LogP contribution < -0.4 is 10.5 Å². The number of nitrogens with two attached hydrogens (primary N) is 1. The fourth-order valence-corrected chi connectivity index (χ4v) is 1.75. The first-order valence-electron chi connectivity index (χ1n) is 5.89. The Kier molecular flexibility index (Phi) is 3.66. The molecule has 2 rings (SSSR count). The molecule has 0 saturated carbocycles. The van der Waals surface area contributed by atoms with Crippen LogP contribution in [-0.4, -0.2) is 6.61 Å². The smallest absolute Gasteiger partial charge is 0.127 e. The second-order valence-electron chi connectivity index (χ2n) is 3.97. The van der Waals surface area contributed by atoms with Crippen molar-refractivity contribution in [1.29, 1.82) is 0 Å². The Balaban J connectivity index is 2.37. The third-order valence-electron chi connectivity index (χ3n) is 2.55. The number of hydrogen-bond acceptors (Lipinski definition) is 2. The fourth-order valence-electron chi connectivity index (χ4n) is 1.75. The van der Waals surface area contributed by atoms with E-state index in [-0.39, 0.29) is 0 Å². The maximum atomic E-state index is 5.81. The van der Waals surface area contributed by atoms with Crippen molar-refractivity contribution in [3.63, 3.8) is 0 Å². The van der Waals surface area contributed by atoms with Gasteiger partial charge in [0, 0.05) is 11.3 Å². The molecule has 2 aromatic carbocycles. The van der Waals surface area contributed by atoms with E-state index in [4.69, 9.17) is 10.5 Å². The van der Waals surface area contributed by atoms with E-state index in [1.54, 1.807) is 0 Å². The number of anilines is 1. The number of rotatable bonds is 4. The summed E-state index contributed by atoms with van der Waals surface area (Å²) in [5.41, 5.74) is 8.76. The highest BCUT2D eigenvalue weighted by atomic mass is 16.5. The number of hydrogen-bond donors (Lipinski definition) is 1. The molecule has 0 amide bonds. The molecular formula is C15H17NO. The molecule has 2 aromatic rings. The number of nitrogen functional groups attached to an aromatic ring is 1. The van der Waals surface area contributed by atoms with Gasteiger partial charge >= 0.3 is 0 Å². The van der Waals surface area contributed by atoms with E-state index in [1.807, 2.05) is 42.5 Å². The van der Waals surface area contributed by atoms with Crippen molar-refractivity contribution in [3.8, 4) is 16.9 Å². The molecule has 0 spiro atoms. The summed E-state index contributed by atoms with van der Waals surface area (Å²) in [6, 6.07) is 15.9. The zero-order valence-electron chi connectivity index (χ0n) is 10.0. The molecule has 0 radical (unpaired) electrons. The lowest BCUT2D eigenvalue weighted by Gasteiger charge is -2.11. The van der Waals surface area contributed by atoms with Crippen LogP contribution in [0.25, 0.3) is 11.1 Å². The number of para-hydroxylation sites is 1. The summed E-state index contributed by atoms with van der Waals surface area (Å²) in [5, 5.41) is 0. The second-order valence-corrected chi connectivity index (χ2v) is 3.97. The molecule has 0 saturated heterocycles. The molecule has 0 atom stereocenters. The summed E-state index contributed by atoms with van der Waals surface area (Å²) in [6.07, 6.45) is 1.01. The zero-order valence-corrected chi connectivity index (χ0v) is 10.0. The molecule has 88 valence electrons. The van der Waals surface area contributed by atoms with E-state index in [9.17, 15) is 0 Å². The van der Waals surface area contributed by atoms with Gasteiger partial charge in [0.15, 0.2) is 0 Å². The van der Waals surface area contributed by atoms with E-state index in [0.29, 0.717) is 0 Å². The van der Waals surface area contributed by atoms with E-state index < -0.39 is 0 Å². The first-order chi connectivity index (χ1) is 8.31. The first-order valence-corrected chi connectivity index (χ1v) is 5.89. The standard InChI is InChI=1S/C15H17NO/c1-2-10-17-15-9-4-3-8-14(15)12-6-5-7-13(16)11-12/h3-9,11H,2,10,16H2,1H3. The minimum absolute atomic E-state index is 0.735. The lowest BCUT2D eigenvalue weighted by Crippen LogP contribution is -1.96. The van der Waals surface area contributed by atoms with Crippen molar-refractivity contribution in [2.24, 2.45) is 0 Å². The van der Waals surface area contributed by atoms with Crippen LogP contribution in [0.15, 0.2) is 48.5 Å². The maximum absolute atomic E-state index is 5.81. The van der Waals surface area contributed by atoms with Gasteiger partial charge in [0.2, 0.25) is 0 Å². The van der Waals surface area contributed by atoms with Gasteiger partial charge in [-0.25, -0.2) is 0 Å². The van der Waals surface area contributed by atoms with Gasteiger partial charge in [-0.15, -0.1) is 0 Å². The molecule has 0 aliphatic carbocycles. The Morgan fingerprint density at radius 2 is 1.88 bits per heavy atom. The normalized spacial score (nSPS) is 10.2. The minimum atomic E-state index is 0.735. The Morgan fingerprint density at radius 3 is 2.65 bits per heavy atom. The van der Waals surface area contributed by atoms with Gasteiger partial charge in [-0.05, 0) is 30.2 Å². The van der Waals surface area contributed by atoms with Crippen LogP contribution in [0.5, 0.6) is 5.75 Å². The van der Waals surface area contributed by atoms with Crippen molar-refractivity contribution in [1.82, 2.24) is 0 Å². The highest BCUT2D eigenvalue weighted by Crippen LogP contribution is 2.30. The molecular weight excluding hydrogens is 210 g/mol. The average molecular weight is 227 g/mol. The second kappa shape index (κ2) is 5.39. The molecule has 17 heavy (non-hydrogen) atoms. The monoisotopic (exact) mass is 227 g/mol. The summed E-state index contributed by atoms with van der Waals surface area (Å²) in [7, 11) is 0. The van der Waals surface area contributed by atoms with Crippen molar-refractivity contribution < 1.29 is 4.74 Å². The summed E-state index contributed by atoms with van der Waals surface area (Å²) in [4.78, 5) is 0. The molecule has 2 nitrogen and oxygen atoms in total. The topological polar surface area (TPSA) is 35.2 Å². The summed E-state index contributed by atoms with van der Waals surface area (Å²) in [5.74, 6) is 0.917. The van der Waals surface area contributed by atoms with Crippen LogP contribution in [0, 0.1) is 0 Å². The molecule has 2 N–H and O–H groups in total. The molecule has 0 fully saturated rings. The van der Waals surface area contributed by atoms with Crippen LogP contribution in [-0.2, 0) is 0 Å². The van der Waals surface area contributed by atoms with Crippen LogP contribution >= 0.6 is 0 Å². The Bertz CT molecular complexity index is 494. The predicted molar refractivity (Wildman–Crippen MR) is 72.1 cm³/mol. The first kappa shape index (κ1) is 11.5. The van der Waals surface area contributed by atoms with E-state index in [0.717, 1.165) is 35.6 Å². The minimum Gasteiger partial charge on any atom is -0.493 e. The molecule has 0 bridgehead atoms. The van der Waals surface area contributed by atoms with Crippen molar-refractivity contribution in [2.45, 2.75) is 13.3 Å². The van der Waals surface area contributed by atoms with Crippen LogP contribution in [0.2, 0.25) is 0 Å². The highest BCUT2D eigenvalue weighted by molar-refractivity contribution is 5.72. The molecule has 0 unspecified atom stereocenters. The lowest BCUT2D eigenvalue weighted by molar-refractivity contribution is 0.318. The molecule has 0 aliphatic heterocycles. The van der Waals surface area contributed by atoms with Gasteiger partial charge in [0.25, 0.3) is 0 Å². The van der Waals surface area contributed by atoms with Gasteiger partial charge < -0.3 is 10.5 Å². The average Bonchev–Trinajstić information content (AvgIpc) is 2.37. The van der Waals surface area contributed by atoms with E-state index >= 15 is 0 Å². The fraction of sp³-hybridized carbons (Fsp3) is 0.200. The summed E-state index contributed by atoms with van der Waals surface area (Å²) >= 11 is 0. The molecule has 0 aliphatic rings. The maximum Gasteiger partial charge on any atom is 0.127 e. The predicted octanol–water partition coefficient (Wildman–Crippen LogP) is 3.72. The number of ether oxygens (including phenoxy) is 1. The van der Waals surface area contributed by atoms with Gasteiger partial charge in [0.05, 0.1) is 6.61 Å². The Morgan fingerprint density at radius 1 is 1.06 bits per heavy atom. The van der Waals surface area contributed by atoms with Gasteiger partial charge in [-0.2, -0.15) is 0 Å². The summed E-state index contributed by atoms with van der Waals surface area (Å²) < 4.78 is 5.74. The van der Waals surface area contributed by atoms with E-state index in [1.165, 1.54) is 0 Å². The molecule has 0 heterocycles. The largest absolute Gasteiger partial charge is 0.493 e. The molecule has 2 heteroatoms. The van der Waals surface area contributed by atoms with Crippen LogP contribution in [0.3, 0.4) is 0 Å². The number of benzene rings is 2. The van der Waals surface area contributed by atoms with Crippen molar-refractivity contribution in [3.05, 3.63) is 48.5 Å². The van der Waals surface area contributed by atoms with Crippen molar-refractivity contribution >= 4 is 5.69 Å². The highest BCUT2D eigenvalue weighted by Gasteiger charge is 2.05. The third kappa shape index (κ3) is 2.78. The lowest BCUT2D eigenvalue weighted by atomic mass is 10.0. The van der Waals surface area contributed by atoms with Gasteiger partial charge in [-0.1, -0.05) is 37.3 Å². The third-order valence-corrected chi connectivity index (χ3v) is 2.55. The Hall–Kier alpha value is -1.96. The van der Waals surface area contributed by atoms with Gasteiger partial charge in [0.1, 0.15) is 5.75 Å². The van der Waals surface area contributed by atoms with Gasteiger partial charge in [-0.3, -0.25) is 0 Å².